The molecule has 0 aromatic heterocycles. The summed E-state index contributed by atoms with van der Waals surface area (Å²) in [5.41, 5.74) is 14.8. The molecule has 0 heterocycles. The summed E-state index contributed by atoms with van der Waals surface area (Å²) in [6.07, 6.45) is 20.7. The number of rotatable bonds is 15. The summed E-state index contributed by atoms with van der Waals surface area (Å²) in [5.74, 6) is -1.51. The van der Waals surface area contributed by atoms with Gasteiger partial charge in [0.15, 0.2) is 0 Å². The van der Waals surface area contributed by atoms with E-state index in [1.807, 2.05) is 0 Å². The van der Waals surface area contributed by atoms with E-state index in [1.165, 1.54) is 144 Å². The van der Waals surface area contributed by atoms with Crippen molar-refractivity contribution in [1.29, 1.82) is 0 Å². The third kappa shape index (κ3) is 10.2. The molecule has 0 bridgehead atoms. The number of halogens is 5. The predicted molar refractivity (Wildman–Crippen MR) is 265 cm³/mol. The topological polar surface area (TPSA) is 0 Å². The third-order valence-electron chi connectivity index (χ3n) is 15.8. The van der Waals surface area contributed by atoms with Crippen LogP contribution in [0.5, 0.6) is 0 Å². The number of fused-ring (bicyclic) bond motifs is 2. The van der Waals surface area contributed by atoms with Gasteiger partial charge in [0.1, 0.15) is 0 Å². The SMILES string of the molecule is CCCc1ccc(-c2cccc3c2C=C(CC2CCCCCC2)[CH]3[Zr]([Cl])([Cl])([CH]2C(CC3CCCCCC3)=Cc3c(-c4ccc(CCC)cc4)cccc32)[SiH](C)CCC(F)(F)F)cc1. The van der Waals surface area contributed by atoms with Crippen LogP contribution in [0.25, 0.3) is 34.4 Å². The maximum atomic E-state index is 14.6. The molecule has 0 nitrogen and oxygen atoms in total. The summed E-state index contributed by atoms with van der Waals surface area (Å²) < 4.78 is 43.3. The zero-order chi connectivity index (χ0) is 44.2. The van der Waals surface area contributed by atoms with Crippen molar-refractivity contribution < 1.29 is 28.7 Å². The van der Waals surface area contributed by atoms with E-state index in [2.05, 4.69) is 117 Å². The van der Waals surface area contributed by atoms with Crippen LogP contribution in [-0.4, -0.2) is 12.1 Å². The first-order valence-corrected chi connectivity index (χ1v) is 40.8. The fourth-order valence-corrected chi connectivity index (χ4v) is 52.6. The molecule has 4 aromatic carbocycles. The van der Waals surface area contributed by atoms with Crippen LogP contribution < -0.4 is 0 Å². The summed E-state index contributed by atoms with van der Waals surface area (Å²) in [6.45, 7) is 6.61. The number of benzene rings is 4. The Morgan fingerprint density at radius 1 is 0.571 bits per heavy atom. The molecule has 2 fully saturated rings. The van der Waals surface area contributed by atoms with Gasteiger partial charge in [-0.2, -0.15) is 0 Å². The van der Waals surface area contributed by atoms with E-state index >= 15 is 0 Å². The molecule has 4 aliphatic carbocycles. The van der Waals surface area contributed by atoms with Gasteiger partial charge in [0, 0.05) is 0 Å². The Morgan fingerprint density at radius 2 is 0.968 bits per heavy atom. The van der Waals surface area contributed by atoms with E-state index in [9.17, 15) is 13.2 Å². The van der Waals surface area contributed by atoms with Crippen molar-refractivity contribution >= 4 is 35.1 Å². The Morgan fingerprint density at radius 3 is 1.33 bits per heavy atom. The van der Waals surface area contributed by atoms with Crippen LogP contribution in [0.2, 0.25) is 12.6 Å². The van der Waals surface area contributed by atoms with Crippen LogP contribution in [0.3, 0.4) is 0 Å². The van der Waals surface area contributed by atoms with Crippen molar-refractivity contribution in [3.8, 4) is 22.3 Å². The molecule has 3 unspecified atom stereocenters. The molecule has 0 radical (unpaired) electrons. The predicted octanol–water partition coefficient (Wildman–Crippen LogP) is 18.5. The Bertz CT molecular complexity index is 2100. The summed E-state index contributed by atoms with van der Waals surface area (Å²) in [4.78, 5) is 0. The number of allylic oxidation sites excluding steroid dienone is 2. The Kier molecular flexibility index (Phi) is 15.3. The maximum absolute atomic E-state index is 14.6. The number of aryl methyl sites for hydroxylation is 2. The van der Waals surface area contributed by atoms with Gasteiger partial charge in [-0.1, -0.05) is 0 Å². The van der Waals surface area contributed by atoms with Gasteiger partial charge < -0.3 is 0 Å². The second-order valence-corrected chi connectivity index (χ2v) is 61.5. The summed E-state index contributed by atoms with van der Waals surface area (Å²) in [6, 6.07) is 31.6. The van der Waals surface area contributed by atoms with Crippen molar-refractivity contribution in [2.75, 3.05) is 0 Å². The van der Waals surface area contributed by atoms with Crippen molar-refractivity contribution in [2.24, 2.45) is 11.8 Å². The van der Waals surface area contributed by atoms with E-state index in [0.717, 1.165) is 38.5 Å². The molecule has 337 valence electrons. The van der Waals surface area contributed by atoms with Gasteiger partial charge in [-0.3, -0.25) is 0 Å². The van der Waals surface area contributed by atoms with E-state index in [-0.39, 0.29) is 13.3 Å². The van der Waals surface area contributed by atoms with Crippen LogP contribution in [0.15, 0.2) is 96.1 Å². The Balaban J connectivity index is 1.35. The molecule has 3 atom stereocenters. The first-order valence-electron chi connectivity index (χ1n) is 24.9. The van der Waals surface area contributed by atoms with Gasteiger partial charge in [-0.15, -0.1) is 0 Å². The molecule has 0 N–H and O–H groups in total. The van der Waals surface area contributed by atoms with Gasteiger partial charge in [0.05, 0.1) is 0 Å². The third-order valence-corrected chi connectivity index (χ3v) is 66.0. The molecule has 0 aliphatic heterocycles. The summed E-state index contributed by atoms with van der Waals surface area (Å²) >= 11 is -5.70. The molecule has 2 saturated carbocycles. The number of hydrogen-bond acceptors (Lipinski definition) is 0. The molecular formula is C56H70Cl2F3SiZr. The van der Waals surface area contributed by atoms with Gasteiger partial charge in [0.25, 0.3) is 0 Å². The minimum absolute atomic E-state index is 0.0734. The van der Waals surface area contributed by atoms with Gasteiger partial charge >= 0.3 is 389 Å². The second-order valence-electron chi connectivity index (χ2n) is 20.2. The minimum atomic E-state index is -5.70. The monoisotopic (exact) mass is 987 g/mol. The summed E-state index contributed by atoms with van der Waals surface area (Å²) in [5, 5.41) is 0. The molecule has 0 saturated heterocycles. The molecule has 8 rings (SSSR count). The van der Waals surface area contributed by atoms with Crippen LogP contribution in [-0.2, 0) is 28.4 Å². The van der Waals surface area contributed by atoms with Crippen LogP contribution in [0, 0.1) is 11.8 Å². The number of hydrogen-bond donors (Lipinski definition) is 0. The van der Waals surface area contributed by atoms with Crippen molar-refractivity contribution in [2.45, 2.75) is 162 Å². The van der Waals surface area contributed by atoms with Gasteiger partial charge in [-0.25, -0.2) is 0 Å². The van der Waals surface area contributed by atoms with E-state index in [1.54, 1.807) is 0 Å². The Hall–Kier alpha value is -2.17. The molecule has 63 heavy (non-hydrogen) atoms. The first kappa shape index (κ1) is 47.3. The van der Waals surface area contributed by atoms with Gasteiger partial charge in [0.2, 0.25) is 0 Å². The van der Waals surface area contributed by atoms with Crippen molar-refractivity contribution in [3.63, 3.8) is 0 Å². The fourth-order valence-electron chi connectivity index (χ4n) is 12.6. The van der Waals surface area contributed by atoms with Crippen molar-refractivity contribution in [3.05, 3.63) is 129 Å². The molecule has 7 heteroatoms. The molecular weight excluding hydrogens is 920 g/mol. The zero-order valence-corrected chi connectivity index (χ0v) is 43.3. The van der Waals surface area contributed by atoms with Crippen molar-refractivity contribution in [1.82, 2.24) is 0 Å². The number of alkyl halides is 3. The van der Waals surface area contributed by atoms with Crippen LogP contribution in [0.4, 0.5) is 13.2 Å². The molecule has 0 spiro atoms. The average Bonchev–Trinajstić information content (AvgIpc) is 3.58. The van der Waals surface area contributed by atoms with E-state index in [0.29, 0.717) is 11.8 Å². The van der Waals surface area contributed by atoms with Crippen LogP contribution >= 0.6 is 17.0 Å². The Labute approximate surface area is 386 Å². The quantitative estimate of drug-likeness (QED) is 0.0822. The zero-order valence-electron chi connectivity index (χ0n) is 38.2. The summed E-state index contributed by atoms with van der Waals surface area (Å²) in [7, 11) is 18.3. The van der Waals surface area contributed by atoms with Gasteiger partial charge in [-0.05, 0) is 0 Å². The van der Waals surface area contributed by atoms with E-state index < -0.39 is 34.1 Å². The van der Waals surface area contributed by atoms with E-state index in [4.69, 9.17) is 17.0 Å². The molecule has 4 aliphatic rings. The molecule has 0 amide bonds. The second kappa shape index (κ2) is 20.4. The standard InChI is InChI=1S/2C26H31.C4H8F3Si.2ClH.Zr/c2*1-2-8-20-13-15-23(16-14-20)25-12-7-11-24-18-22(19-26(24)25)17-21-9-5-3-4-6-10-21;1-8-3-2-4(5,6)7;;;/h2*7,11-16,18-19,21H,2-6,8-10,17H2,1H3;8H,2-3H2,1H3;2*1H;/q;;;;;+2/p-2. The van der Waals surface area contributed by atoms with Crippen LogP contribution in [0.1, 0.15) is 164 Å². The fraction of sp³-hybridized carbons (Fsp3) is 0.500. The first-order chi connectivity index (χ1) is 30.4. The molecule has 4 aromatic rings. The normalized spacial score (nSPS) is 21.1. The average molecular weight is 990 g/mol.